The molecule has 0 atom stereocenters. The third-order valence-electron chi connectivity index (χ3n) is 0.992. The molecule has 0 spiro atoms. The molecule has 0 saturated carbocycles. The van der Waals surface area contributed by atoms with E-state index in [1.807, 2.05) is 10.6 Å². The molecular formula is C5H12N10O3. The first-order chi connectivity index (χ1) is 8.31. The zero-order chi connectivity index (χ0) is 14.1. The molecule has 0 unspecified atom stereocenters. The molecule has 0 aliphatic rings. The predicted octanol–water partition coefficient (Wildman–Crippen LogP) is -3.02. The van der Waals surface area contributed by atoms with Gasteiger partial charge in [0.2, 0.25) is 11.9 Å². The van der Waals surface area contributed by atoms with Gasteiger partial charge in [0.05, 0.1) is 0 Å². The van der Waals surface area contributed by atoms with Crippen LogP contribution in [0.3, 0.4) is 0 Å². The van der Waals surface area contributed by atoms with Crippen LogP contribution in [0.5, 0.6) is 0 Å². The summed E-state index contributed by atoms with van der Waals surface area (Å²) >= 11 is 0. The number of guanidine groups is 4. The molecule has 0 amide bonds. The predicted molar refractivity (Wildman–Crippen MR) is 59.4 cm³/mol. The Kier molecular flexibility index (Phi) is 5.81. The van der Waals surface area contributed by atoms with E-state index in [1.54, 1.807) is 11.0 Å². The van der Waals surface area contributed by atoms with Crippen LogP contribution in [-0.4, -0.2) is 30.0 Å². The van der Waals surface area contributed by atoms with E-state index in [-0.39, 0.29) is 0 Å². The van der Waals surface area contributed by atoms with Gasteiger partial charge in [0.15, 0.2) is 11.9 Å². The molecule has 13 nitrogen and oxygen atoms in total. The molecule has 18 heavy (non-hydrogen) atoms. The summed E-state index contributed by atoms with van der Waals surface area (Å²) in [7, 11) is 0. The van der Waals surface area contributed by atoms with Crippen molar-refractivity contribution in [3.63, 3.8) is 0 Å². The van der Waals surface area contributed by atoms with E-state index in [4.69, 9.17) is 33.1 Å². The summed E-state index contributed by atoms with van der Waals surface area (Å²) in [5.74, 6) is -2.21. The summed E-state index contributed by atoms with van der Waals surface area (Å²) in [6, 6.07) is 0. The molecule has 0 aliphatic carbocycles. The van der Waals surface area contributed by atoms with Gasteiger partial charge in [-0.2, -0.15) is 15.8 Å². The minimum Gasteiger partial charge on any atom is -0.370 e. The summed E-state index contributed by atoms with van der Waals surface area (Å²) in [6.07, 6.45) is -1.33. The van der Waals surface area contributed by atoms with Gasteiger partial charge in [0, 0.05) is 0 Å². The Labute approximate surface area is 100 Å². The number of hydrogen-bond acceptors (Lipinski definition) is 7. The second-order valence-electron chi connectivity index (χ2n) is 2.49. The van der Waals surface area contributed by atoms with E-state index >= 15 is 0 Å². The minimum absolute atomic E-state index is 0.532. The van der Waals surface area contributed by atoms with Gasteiger partial charge in [-0.3, -0.25) is 32.3 Å². The first-order valence-electron chi connectivity index (χ1n) is 4.10. The molecular weight excluding hydrogens is 248 g/mol. The number of nitrogens with one attached hydrogen (secondary N) is 8. The number of carbonyl (C=O) groups is 1. The van der Waals surface area contributed by atoms with Gasteiger partial charge in [-0.05, 0) is 0 Å². The van der Waals surface area contributed by atoms with Crippen LogP contribution in [0.25, 0.3) is 0 Å². The van der Waals surface area contributed by atoms with Crippen LogP contribution in [0.1, 0.15) is 0 Å². The topological polar surface area (TPSA) is 231 Å². The van der Waals surface area contributed by atoms with E-state index in [1.165, 1.54) is 0 Å². The van der Waals surface area contributed by atoms with Gasteiger partial charge in [-0.25, -0.2) is 0 Å². The van der Waals surface area contributed by atoms with Crippen molar-refractivity contribution in [2.45, 2.75) is 0 Å². The summed E-state index contributed by atoms with van der Waals surface area (Å²) in [5.41, 5.74) is 13.3. The minimum atomic E-state index is -1.33. The van der Waals surface area contributed by atoms with Crippen LogP contribution < -0.4 is 33.1 Å². The molecule has 0 radical (unpaired) electrons. The Hall–Kier alpha value is -3.25. The quantitative estimate of drug-likeness (QED) is 0.121. The fraction of sp³-hybridized carbons (Fsp3) is 0. The second-order valence-corrected chi connectivity index (χ2v) is 2.49. The van der Waals surface area contributed by atoms with Crippen LogP contribution >= 0.6 is 0 Å². The van der Waals surface area contributed by atoms with E-state index in [0.717, 1.165) is 0 Å². The van der Waals surface area contributed by atoms with E-state index < -0.39 is 30.0 Å². The molecule has 12 N–H and O–H groups in total. The molecule has 13 heteroatoms. The Morgan fingerprint density at radius 3 is 1.44 bits per heavy atom. The Morgan fingerprint density at radius 2 is 1.17 bits per heavy atom. The highest BCUT2D eigenvalue weighted by molar-refractivity contribution is 5.95. The average Bonchev–Trinajstić information content (AvgIpc) is 2.21. The Balaban J connectivity index is 3.78. The maximum Gasteiger partial charge on any atom is 0.558 e. The number of hydrogen-bond donors (Lipinski definition) is 10. The summed E-state index contributed by atoms with van der Waals surface area (Å²) < 4.78 is 0. The number of rotatable bonds is 0. The molecule has 0 saturated heterocycles. The van der Waals surface area contributed by atoms with Crippen molar-refractivity contribution in [3.8, 4) is 0 Å². The van der Waals surface area contributed by atoms with E-state index in [0.29, 0.717) is 0 Å². The Morgan fingerprint density at radius 1 is 0.833 bits per heavy atom. The molecule has 0 bridgehead atoms. The fourth-order valence-corrected chi connectivity index (χ4v) is 0.527. The van der Waals surface area contributed by atoms with Crippen molar-refractivity contribution in [2.75, 3.05) is 0 Å². The zero-order valence-corrected chi connectivity index (χ0v) is 8.88. The highest BCUT2D eigenvalue weighted by Gasteiger charge is 2.07. The summed E-state index contributed by atoms with van der Waals surface area (Å²) in [6.45, 7) is 0. The fourth-order valence-electron chi connectivity index (χ4n) is 0.527. The van der Waals surface area contributed by atoms with Crippen LogP contribution in [-0.2, 0) is 9.68 Å². The van der Waals surface area contributed by atoms with Crippen LogP contribution in [0.2, 0.25) is 0 Å². The molecule has 0 aromatic rings. The molecule has 0 aromatic carbocycles. The summed E-state index contributed by atoms with van der Waals surface area (Å²) in [5, 5.41) is 31.5. The third-order valence-corrected chi connectivity index (χ3v) is 0.992. The largest absolute Gasteiger partial charge is 0.558 e. The second kappa shape index (κ2) is 7.09. The molecule has 100 valence electrons. The van der Waals surface area contributed by atoms with Crippen molar-refractivity contribution in [1.29, 1.82) is 21.6 Å². The molecule has 0 fully saturated rings. The maximum atomic E-state index is 10.8. The van der Waals surface area contributed by atoms with Crippen molar-refractivity contribution < 1.29 is 14.5 Å². The lowest BCUT2D eigenvalue weighted by Gasteiger charge is -2.10. The number of hydroxylamine groups is 2. The lowest BCUT2D eigenvalue weighted by Crippen LogP contribution is -2.46. The first kappa shape index (κ1) is 14.8. The van der Waals surface area contributed by atoms with Crippen LogP contribution in [0.4, 0.5) is 4.79 Å². The van der Waals surface area contributed by atoms with Crippen molar-refractivity contribution in [2.24, 2.45) is 11.5 Å². The van der Waals surface area contributed by atoms with Crippen molar-refractivity contribution in [3.05, 3.63) is 0 Å². The van der Waals surface area contributed by atoms with Crippen LogP contribution in [0.15, 0.2) is 0 Å². The van der Waals surface area contributed by atoms with Gasteiger partial charge < -0.3 is 21.1 Å². The van der Waals surface area contributed by atoms with Crippen molar-refractivity contribution in [1.82, 2.24) is 21.6 Å². The molecule has 0 aromatic heterocycles. The van der Waals surface area contributed by atoms with Gasteiger partial charge in [-0.1, -0.05) is 0 Å². The number of carbonyl (C=O) groups excluding carboxylic acids is 1. The maximum absolute atomic E-state index is 10.8. The Bertz CT molecular complexity index is 344. The molecule has 0 rings (SSSR count). The van der Waals surface area contributed by atoms with Gasteiger partial charge in [-0.15, -0.1) is 0 Å². The highest BCUT2D eigenvalue weighted by Crippen LogP contribution is 1.77. The first-order valence-corrected chi connectivity index (χ1v) is 4.10. The molecule has 0 heterocycles. The van der Waals surface area contributed by atoms with Crippen molar-refractivity contribution >= 4 is 30.0 Å². The molecule has 0 aliphatic heterocycles. The highest BCUT2D eigenvalue weighted by atomic mass is 16.9. The van der Waals surface area contributed by atoms with Gasteiger partial charge in [0.25, 0.3) is 0 Å². The van der Waals surface area contributed by atoms with Gasteiger partial charge >= 0.3 is 6.16 Å². The average molecular weight is 260 g/mol. The normalized spacial score (nSPS) is 8.44. The lowest BCUT2D eigenvalue weighted by atomic mass is 10.9. The zero-order valence-electron chi connectivity index (χ0n) is 8.88. The summed E-state index contributed by atoms with van der Waals surface area (Å²) in [4.78, 5) is 19.1. The van der Waals surface area contributed by atoms with Gasteiger partial charge in [0.1, 0.15) is 0 Å². The third kappa shape index (κ3) is 8.09. The van der Waals surface area contributed by atoms with E-state index in [9.17, 15) is 4.79 Å². The van der Waals surface area contributed by atoms with E-state index in [2.05, 4.69) is 9.68 Å². The monoisotopic (exact) mass is 260 g/mol. The number of nitrogens with two attached hydrogens (primary N) is 2. The smallest absolute Gasteiger partial charge is 0.370 e. The standard InChI is InChI=1S/C5H12N10O3/c6-1(7)12-3(10)14-17-5(16)18-15-4(11)13-2(8)9/h(H6,6,7,10,12,14)(H6,8,9,11,13,15). The lowest BCUT2D eigenvalue weighted by molar-refractivity contribution is 0.0169. The van der Waals surface area contributed by atoms with Crippen LogP contribution in [0, 0.1) is 21.6 Å². The SMILES string of the molecule is N=C(N)NC(=N)NOC(=O)ONC(=N)NC(=N)N.